The molecular formula is C16H19N3O5S2. The Labute approximate surface area is 156 Å². The van der Waals surface area contributed by atoms with E-state index in [9.17, 15) is 18.0 Å². The summed E-state index contributed by atoms with van der Waals surface area (Å²) in [5.74, 6) is -0.982. The summed E-state index contributed by atoms with van der Waals surface area (Å²) < 4.78 is 32.3. The van der Waals surface area contributed by atoms with Gasteiger partial charge in [-0.1, -0.05) is 6.92 Å². The number of nitrogens with one attached hydrogen (secondary N) is 1. The number of carbonyl (C=O) groups excluding carboxylic acids is 2. The zero-order chi connectivity index (χ0) is 18.9. The molecule has 1 amide bonds. The van der Waals surface area contributed by atoms with Crippen molar-refractivity contribution in [1.82, 2.24) is 5.32 Å². The first-order chi connectivity index (χ1) is 12.3. The lowest BCUT2D eigenvalue weighted by atomic mass is 10.2. The number of anilines is 1. The van der Waals surface area contributed by atoms with Gasteiger partial charge >= 0.3 is 5.97 Å². The molecule has 2 aliphatic heterocycles. The van der Waals surface area contributed by atoms with E-state index in [1.807, 2.05) is 11.8 Å². The number of sulfonamides is 1. The number of benzene rings is 1. The van der Waals surface area contributed by atoms with Crippen molar-refractivity contribution in [2.75, 3.05) is 23.7 Å². The average molecular weight is 397 g/mol. The number of hydrogen-bond donors (Lipinski definition) is 1. The molecule has 2 heterocycles. The number of hydrogen-bond acceptors (Lipinski definition) is 7. The van der Waals surface area contributed by atoms with E-state index in [1.54, 1.807) is 18.2 Å². The Morgan fingerprint density at radius 3 is 2.92 bits per heavy atom. The monoisotopic (exact) mass is 397 g/mol. The molecule has 140 valence electrons. The number of thioether (sulfide) groups is 1. The van der Waals surface area contributed by atoms with Crippen molar-refractivity contribution in [2.45, 2.75) is 31.3 Å². The second-order valence-corrected chi connectivity index (χ2v) is 8.70. The molecule has 0 spiro atoms. The number of nitrogens with zero attached hydrogens (tertiary/aromatic N) is 2. The largest absolute Gasteiger partial charge is 0.449 e. The summed E-state index contributed by atoms with van der Waals surface area (Å²) in [6.07, 6.45) is -0.0966. The van der Waals surface area contributed by atoms with Crippen molar-refractivity contribution >= 4 is 44.5 Å². The summed E-state index contributed by atoms with van der Waals surface area (Å²) in [5, 5.41) is 3.07. The smallest absolute Gasteiger partial charge is 0.338 e. The van der Waals surface area contributed by atoms with E-state index in [4.69, 9.17) is 4.74 Å². The van der Waals surface area contributed by atoms with Crippen LogP contribution in [0.1, 0.15) is 30.6 Å². The SMILES string of the molecule is CCCNC(=O)[C@H](C)OC(=O)c1ccc2c(c1)SC1=NS(=O)(=O)CCN12. The maximum Gasteiger partial charge on any atom is 0.338 e. The molecule has 1 aromatic carbocycles. The van der Waals surface area contributed by atoms with E-state index in [2.05, 4.69) is 9.71 Å². The molecular weight excluding hydrogens is 378 g/mol. The lowest BCUT2D eigenvalue weighted by Crippen LogP contribution is -2.36. The van der Waals surface area contributed by atoms with E-state index in [1.165, 1.54) is 18.7 Å². The highest BCUT2D eigenvalue weighted by molar-refractivity contribution is 8.15. The Bertz CT molecular complexity index is 882. The van der Waals surface area contributed by atoms with Crippen molar-refractivity contribution in [3.63, 3.8) is 0 Å². The standard InChI is InChI=1S/C16H19N3O5S2/c1-3-6-17-14(20)10(2)24-15(21)11-4-5-12-13(9-11)25-16-18-26(22,23)8-7-19(12)16/h4-5,9-10H,3,6-8H2,1-2H3,(H,17,20)/t10-/m0/s1. The summed E-state index contributed by atoms with van der Waals surface area (Å²) in [7, 11) is -3.42. The number of esters is 1. The van der Waals surface area contributed by atoms with Gasteiger partial charge in [-0.2, -0.15) is 0 Å². The lowest BCUT2D eigenvalue weighted by molar-refractivity contribution is -0.129. The Hall–Kier alpha value is -2.07. The average Bonchev–Trinajstić information content (AvgIpc) is 2.94. The van der Waals surface area contributed by atoms with Crippen LogP contribution in [-0.2, 0) is 19.6 Å². The number of carbonyl (C=O) groups is 2. The van der Waals surface area contributed by atoms with Crippen molar-refractivity contribution in [3.8, 4) is 0 Å². The van der Waals surface area contributed by atoms with Crippen LogP contribution in [0.4, 0.5) is 5.69 Å². The molecule has 0 bridgehead atoms. The van der Waals surface area contributed by atoms with Gasteiger partial charge in [-0.25, -0.2) is 13.2 Å². The second-order valence-electron chi connectivity index (χ2n) is 5.93. The van der Waals surface area contributed by atoms with Crippen LogP contribution >= 0.6 is 11.8 Å². The third-order valence-electron chi connectivity index (χ3n) is 3.91. The fourth-order valence-electron chi connectivity index (χ4n) is 2.53. The topological polar surface area (TPSA) is 105 Å². The minimum Gasteiger partial charge on any atom is -0.449 e. The molecule has 2 aliphatic rings. The maximum atomic E-state index is 12.3. The highest BCUT2D eigenvalue weighted by Crippen LogP contribution is 2.42. The first-order valence-electron chi connectivity index (χ1n) is 8.21. The number of ether oxygens (including phenoxy) is 1. The summed E-state index contributed by atoms with van der Waals surface area (Å²) in [5.41, 5.74) is 1.11. The highest BCUT2D eigenvalue weighted by atomic mass is 32.2. The molecule has 3 rings (SSSR count). The molecule has 1 N–H and O–H groups in total. The van der Waals surface area contributed by atoms with Gasteiger partial charge in [-0.3, -0.25) is 4.79 Å². The summed E-state index contributed by atoms with van der Waals surface area (Å²) in [4.78, 5) is 26.7. The Morgan fingerprint density at radius 2 is 2.19 bits per heavy atom. The molecule has 8 nitrogen and oxygen atoms in total. The number of fused-ring (bicyclic) bond motifs is 3. The molecule has 0 saturated heterocycles. The van der Waals surface area contributed by atoms with E-state index >= 15 is 0 Å². The molecule has 10 heteroatoms. The normalized spacial score (nSPS) is 18.4. The Morgan fingerprint density at radius 1 is 1.42 bits per heavy atom. The van der Waals surface area contributed by atoms with Gasteiger partial charge in [0, 0.05) is 18.0 Å². The van der Waals surface area contributed by atoms with Gasteiger partial charge < -0.3 is 15.0 Å². The van der Waals surface area contributed by atoms with E-state index in [-0.39, 0.29) is 11.7 Å². The van der Waals surface area contributed by atoms with Crippen LogP contribution in [0.15, 0.2) is 27.5 Å². The van der Waals surface area contributed by atoms with Crippen molar-refractivity contribution in [2.24, 2.45) is 4.40 Å². The van der Waals surface area contributed by atoms with E-state index in [0.717, 1.165) is 17.0 Å². The summed E-state index contributed by atoms with van der Waals surface area (Å²) >= 11 is 1.20. The van der Waals surface area contributed by atoms with Gasteiger partial charge in [0.1, 0.15) is 0 Å². The van der Waals surface area contributed by atoms with Gasteiger partial charge in [0.25, 0.3) is 15.9 Å². The fraction of sp³-hybridized carbons (Fsp3) is 0.438. The van der Waals surface area contributed by atoms with Crippen LogP contribution in [0.2, 0.25) is 0 Å². The van der Waals surface area contributed by atoms with Crippen LogP contribution in [0.25, 0.3) is 0 Å². The quantitative estimate of drug-likeness (QED) is 0.748. The highest BCUT2D eigenvalue weighted by Gasteiger charge is 2.33. The van der Waals surface area contributed by atoms with Gasteiger partial charge in [0.2, 0.25) is 0 Å². The first-order valence-corrected chi connectivity index (χ1v) is 10.6. The second kappa shape index (κ2) is 7.28. The molecule has 26 heavy (non-hydrogen) atoms. The molecule has 0 radical (unpaired) electrons. The van der Waals surface area contributed by atoms with Crippen molar-refractivity contribution in [1.29, 1.82) is 0 Å². The van der Waals surface area contributed by atoms with Crippen LogP contribution < -0.4 is 10.2 Å². The molecule has 1 aromatic rings. The molecule has 0 saturated carbocycles. The third-order valence-corrected chi connectivity index (χ3v) is 6.22. The van der Waals surface area contributed by atoms with Crippen molar-refractivity contribution in [3.05, 3.63) is 23.8 Å². The summed E-state index contributed by atoms with van der Waals surface area (Å²) in [6, 6.07) is 4.97. The minimum absolute atomic E-state index is 0.0370. The predicted octanol–water partition coefficient (Wildman–Crippen LogP) is 1.37. The summed E-state index contributed by atoms with van der Waals surface area (Å²) in [6.45, 7) is 4.31. The molecule has 1 atom stereocenters. The number of amides is 1. The molecule has 0 fully saturated rings. The van der Waals surface area contributed by atoms with E-state index < -0.39 is 22.1 Å². The first kappa shape index (κ1) is 18.7. The van der Waals surface area contributed by atoms with Crippen molar-refractivity contribution < 1.29 is 22.7 Å². The third kappa shape index (κ3) is 3.85. The van der Waals surface area contributed by atoms with Crippen LogP contribution in [-0.4, -0.2) is 50.4 Å². The lowest BCUT2D eigenvalue weighted by Gasteiger charge is -2.22. The minimum atomic E-state index is -3.42. The zero-order valence-corrected chi connectivity index (χ0v) is 16.0. The van der Waals surface area contributed by atoms with Crippen LogP contribution in [0, 0.1) is 0 Å². The number of amidine groups is 1. The number of rotatable bonds is 5. The zero-order valence-electron chi connectivity index (χ0n) is 14.4. The van der Waals surface area contributed by atoms with Gasteiger partial charge in [-0.05, 0) is 43.3 Å². The van der Waals surface area contributed by atoms with E-state index in [0.29, 0.717) is 23.8 Å². The van der Waals surface area contributed by atoms with Gasteiger partial charge in [0.15, 0.2) is 11.3 Å². The molecule has 0 aliphatic carbocycles. The fourth-order valence-corrected chi connectivity index (χ4v) is 4.83. The van der Waals surface area contributed by atoms with Crippen LogP contribution in [0.3, 0.4) is 0 Å². The van der Waals surface area contributed by atoms with Gasteiger partial charge in [0.05, 0.1) is 17.0 Å². The molecule has 0 unspecified atom stereocenters. The Balaban J connectivity index is 1.73. The molecule has 0 aromatic heterocycles. The maximum absolute atomic E-state index is 12.3. The predicted molar refractivity (Wildman–Crippen MR) is 99.0 cm³/mol. The Kier molecular flexibility index (Phi) is 5.24. The van der Waals surface area contributed by atoms with Crippen LogP contribution in [0.5, 0.6) is 0 Å². The van der Waals surface area contributed by atoms with Gasteiger partial charge in [-0.15, -0.1) is 4.40 Å².